The highest BCUT2D eigenvalue weighted by molar-refractivity contribution is 14.1. The van der Waals surface area contributed by atoms with Crippen molar-refractivity contribution in [3.8, 4) is 0 Å². The summed E-state index contributed by atoms with van der Waals surface area (Å²) in [5.41, 5.74) is 3.28. The second-order valence-electron chi connectivity index (χ2n) is 10.6. The van der Waals surface area contributed by atoms with E-state index in [2.05, 4.69) is 45.7 Å². The van der Waals surface area contributed by atoms with Crippen LogP contribution in [-0.2, 0) is 10.1 Å². The summed E-state index contributed by atoms with van der Waals surface area (Å²) in [4.78, 5) is 38.1. The van der Waals surface area contributed by atoms with Crippen LogP contribution in [0, 0.1) is 19.8 Å². The second kappa shape index (κ2) is 12.3. The number of nitrogens with zero attached hydrogens (tertiary/aromatic N) is 5. The quantitative estimate of drug-likeness (QED) is 0.122. The first-order valence-electron chi connectivity index (χ1n) is 13.2. The molecule has 0 fully saturated rings. The van der Waals surface area contributed by atoms with Gasteiger partial charge in [-0.25, -0.2) is 4.98 Å². The molecule has 0 aliphatic heterocycles. The number of carbonyl (C=O) groups excluding carboxylic acids is 1. The van der Waals surface area contributed by atoms with Gasteiger partial charge in [0, 0.05) is 12.1 Å². The van der Waals surface area contributed by atoms with E-state index in [-0.39, 0.29) is 17.4 Å². The number of hydrogen-bond acceptors (Lipinski definition) is 6. The van der Waals surface area contributed by atoms with E-state index in [4.69, 9.17) is 4.98 Å². The number of rotatable bonds is 10. The highest BCUT2D eigenvalue weighted by Crippen LogP contribution is 2.43. The molecule has 0 N–H and O–H groups in total. The number of aryl methyl sites for hydroxylation is 2. The van der Waals surface area contributed by atoms with Crippen LogP contribution in [0.3, 0.4) is 0 Å². The highest BCUT2D eigenvalue weighted by Gasteiger charge is 2.46. The van der Waals surface area contributed by atoms with Crippen molar-refractivity contribution in [2.24, 2.45) is 5.92 Å². The van der Waals surface area contributed by atoms with Crippen LogP contribution < -0.4 is 5.56 Å². The van der Waals surface area contributed by atoms with E-state index >= 15 is 0 Å². The topological polar surface area (TPSA) is 71.3 Å². The summed E-state index contributed by atoms with van der Waals surface area (Å²) in [5.74, 6) is 0.457. The van der Waals surface area contributed by atoms with Gasteiger partial charge in [0.15, 0.2) is 8.38 Å². The van der Waals surface area contributed by atoms with Gasteiger partial charge in [0.05, 0.1) is 17.6 Å². The third-order valence-corrected chi connectivity index (χ3v) is 10.1. The van der Waals surface area contributed by atoms with Crippen molar-refractivity contribution in [3.63, 3.8) is 0 Å². The summed E-state index contributed by atoms with van der Waals surface area (Å²) in [7, 11) is 4.07. The summed E-state index contributed by atoms with van der Waals surface area (Å²) in [6.45, 7) is 9.76. The first-order valence-corrected chi connectivity index (χ1v) is 15.0. The molecule has 39 heavy (non-hydrogen) atoms. The van der Waals surface area contributed by atoms with Gasteiger partial charge in [-0.3, -0.25) is 14.2 Å². The number of hydrogen-bond donors (Lipinski definition) is 0. The Balaban J connectivity index is 1.95. The summed E-state index contributed by atoms with van der Waals surface area (Å²) < 4.78 is 5.31. The molecule has 4 rings (SSSR count). The fraction of sp³-hybridized carbons (Fsp3) is 0.400. The molecule has 2 heterocycles. The Morgan fingerprint density at radius 1 is 1.05 bits per heavy atom. The molecule has 1 atom stereocenters. The highest BCUT2D eigenvalue weighted by atomic mass is 127. The molecule has 9 heteroatoms. The largest absolute Gasteiger partial charge is 0.317 e. The monoisotopic (exact) mass is 657 g/mol. The molecule has 206 valence electrons. The van der Waals surface area contributed by atoms with Gasteiger partial charge in [-0.2, -0.15) is 4.37 Å². The second-order valence-corrected chi connectivity index (χ2v) is 13.0. The lowest BCUT2D eigenvalue weighted by Crippen LogP contribution is -2.52. The van der Waals surface area contributed by atoms with Gasteiger partial charge in [0.1, 0.15) is 5.82 Å². The molecule has 2 aromatic heterocycles. The maximum absolute atomic E-state index is 14.3. The van der Waals surface area contributed by atoms with Crippen LogP contribution in [0.5, 0.6) is 0 Å². The van der Waals surface area contributed by atoms with Crippen LogP contribution in [0.1, 0.15) is 53.3 Å². The molecule has 0 spiro atoms. The third kappa shape index (κ3) is 6.10. The summed E-state index contributed by atoms with van der Waals surface area (Å²) in [6.07, 6.45) is 0.785. The van der Waals surface area contributed by atoms with E-state index in [1.807, 2.05) is 87.4 Å². The van der Waals surface area contributed by atoms with Gasteiger partial charge in [-0.1, -0.05) is 61.9 Å². The van der Waals surface area contributed by atoms with Gasteiger partial charge >= 0.3 is 0 Å². The number of fused-ring (bicyclic) bond motifs is 1. The first kappa shape index (κ1) is 29.4. The molecule has 0 saturated heterocycles. The minimum atomic E-state index is -0.897. The number of carbonyl (C=O) groups is 1. The molecule has 0 aliphatic carbocycles. The van der Waals surface area contributed by atoms with Gasteiger partial charge in [-0.15, -0.1) is 0 Å². The molecule has 0 radical (unpaired) electrons. The standard InChI is InChI=1S/C30H36IN5O2S/c1-20(2)30(31,36(18-10-17-34(5)6)27(37)24-15-13-21(3)14-16-24)29-32-26-25(22(4)33-39-26)28(38)35(29)19-23-11-8-7-9-12-23/h7-9,11-16,20H,10,17-19H2,1-6H3. The van der Waals surface area contributed by atoms with Crippen LogP contribution in [0.2, 0.25) is 0 Å². The fourth-order valence-electron chi connectivity index (χ4n) is 4.75. The molecular formula is C30H36IN5O2S. The predicted molar refractivity (Wildman–Crippen MR) is 168 cm³/mol. The van der Waals surface area contributed by atoms with Gasteiger partial charge in [0.2, 0.25) is 0 Å². The lowest BCUT2D eigenvalue weighted by atomic mass is 9.98. The van der Waals surface area contributed by atoms with Crippen molar-refractivity contribution in [3.05, 3.63) is 93.2 Å². The van der Waals surface area contributed by atoms with Crippen molar-refractivity contribution >= 4 is 50.2 Å². The maximum atomic E-state index is 14.3. The Hall–Kier alpha value is -2.63. The molecular weight excluding hydrogens is 621 g/mol. The minimum Gasteiger partial charge on any atom is -0.317 e. The van der Waals surface area contributed by atoms with Gasteiger partial charge < -0.3 is 9.80 Å². The third-order valence-electron chi connectivity index (χ3n) is 6.95. The Bertz CT molecular complexity index is 1500. The van der Waals surface area contributed by atoms with Crippen molar-refractivity contribution < 1.29 is 4.79 Å². The van der Waals surface area contributed by atoms with Crippen molar-refractivity contribution in [2.75, 3.05) is 27.2 Å². The average molecular weight is 658 g/mol. The Kier molecular flexibility index (Phi) is 9.23. The van der Waals surface area contributed by atoms with E-state index in [0.717, 1.165) is 24.1 Å². The number of halogens is 1. The SMILES string of the molecule is Cc1ccc(C(=O)N(CCCN(C)C)C(I)(c2nc3snc(C)c3c(=O)n2Cc2ccccc2)C(C)C)cc1. The Labute approximate surface area is 248 Å². The number of benzene rings is 2. The van der Waals surface area contributed by atoms with Gasteiger partial charge in [-0.05, 0) is 98.6 Å². The van der Waals surface area contributed by atoms with Crippen molar-refractivity contribution in [1.82, 2.24) is 23.7 Å². The number of aromatic nitrogens is 3. The lowest BCUT2D eigenvalue weighted by Gasteiger charge is -2.43. The zero-order valence-corrected chi connectivity index (χ0v) is 26.4. The van der Waals surface area contributed by atoms with Gasteiger partial charge in [0.25, 0.3) is 11.5 Å². The van der Waals surface area contributed by atoms with Crippen molar-refractivity contribution in [2.45, 2.75) is 44.2 Å². The minimum absolute atomic E-state index is 0.0488. The molecule has 2 aromatic carbocycles. The van der Waals surface area contributed by atoms with Crippen LogP contribution in [-0.4, -0.2) is 56.8 Å². The van der Waals surface area contributed by atoms with E-state index in [1.165, 1.54) is 11.5 Å². The Morgan fingerprint density at radius 3 is 2.33 bits per heavy atom. The molecule has 1 amide bonds. The van der Waals surface area contributed by atoms with E-state index < -0.39 is 3.55 Å². The zero-order chi connectivity index (χ0) is 28.3. The average Bonchev–Trinajstić information content (AvgIpc) is 3.28. The van der Waals surface area contributed by atoms with Crippen LogP contribution in [0.25, 0.3) is 10.2 Å². The number of amides is 1. The fourth-order valence-corrected chi connectivity index (χ4v) is 6.39. The Morgan fingerprint density at radius 2 is 1.72 bits per heavy atom. The van der Waals surface area contributed by atoms with E-state index in [1.54, 1.807) is 4.57 Å². The van der Waals surface area contributed by atoms with Crippen LogP contribution in [0.15, 0.2) is 59.4 Å². The van der Waals surface area contributed by atoms with Crippen LogP contribution in [0.4, 0.5) is 0 Å². The first-order chi connectivity index (χ1) is 18.5. The summed E-state index contributed by atoms with van der Waals surface area (Å²) in [5, 5.41) is 0.547. The van der Waals surface area contributed by atoms with Crippen molar-refractivity contribution in [1.29, 1.82) is 0 Å². The zero-order valence-electron chi connectivity index (χ0n) is 23.4. The summed E-state index contributed by atoms with van der Waals surface area (Å²) in [6, 6.07) is 17.6. The molecule has 1 unspecified atom stereocenters. The number of alkyl halides is 1. The van der Waals surface area contributed by atoms with E-state index in [9.17, 15) is 9.59 Å². The molecule has 0 saturated carbocycles. The predicted octanol–water partition coefficient (Wildman–Crippen LogP) is 5.86. The maximum Gasteiger partial charge on any atom is 0.264 e. The summed E-state index contributed by atoms with van der Waals surface area (Å²) >= 11 is 3.61. The molecule has 0 aliphatic rings. The smallest absolute Gasteiger partial charge is 0.264 e. The van der Waals surface area contributed by atoms with Crippen LogP contribution >= 0.6 is 34.1 Å². The lowest BCUT2D eigenvalue weighted by molar-refractivity contribution is 0.0560. The molecule has 0 bridgehead atoms. The van der Waals surface area contributed by atoms with E-state index in [0.29, 0.717) is 40.4 Å². The normalized spacial score (nSPS) is 13.3. The molecule has 4 aromatic rings. The molecule has 7 nitrogen and oxygen atoms in total.